The monoisotopic (exact) mass is 295 g/mol. The zero-order chi connectivity index (χ0) is 10.7. The van der Waals surface area contributed by atoms with Gasteiger partial charge in [0.25, 0.3) is 5.97 Å². The maximum atomic E-state index is 9.00. The van der Waals surface area contributed by atoms with Gasteiger partial charge in [-0.2, -0.15) is 0 Å². The van der Waals surface area contributed by atoms with Gasteiger partial charge in [-0.05, 0) is 6.92 Å². The van der Waals surface area contributed by atoms with E-state index in [1.807, 2.05) is 18.2 Å². The SMILES string of the molecule is CC(=O)O.Cc1ccccc1.NI. The minimum atomic E-state index is -0.833. The van der Waals surface area contributed by atoms with E-state index in [4.69, 9.17) is 9.90 Å². The van der Waals surface area contributed by atoms with Crippen LogP contribution < -0.4 is 3.95 Å². The molecule has 1 aromatic rings. The number of rotatable bonds is 0. The summed E-state index contributed by atoms with van der Waals surface area (Å²) in [6, 6.07) is 10.3. The van der Waals surface area contributed by atoms with Crippen molar-refractivity contribution >= 4 is 28.8 Å². The van der Waals surface area contributed by atoms with E-state index in [0.29, 0.717) is 0 Å². The maximum absolute atomic E-state index is 9.00. The van der Waals surface area contributed by atoms with Crippen molar-refractivity contribution in [1.29, 1.82) is 0 Å². The molecule has 0 atom stereocenters. The zero-order valence-corrected chi connectivity index (χ0v) is 9.86. The van der Waals surface area contributed by atoms with Crippen molar-refractivity contribution in [3.05, 3.63) is 35.9 Å². The first-order valence-electron chi connectivity index (χ1n) is 3.56. The zero-order valence-electron chi connectivity index (χ0n) is 7.70. The van der Waals surface area contributed by atoms with E-state index in [-0.39, 0.29) is 0 Å². The van der Waals surface area contributed by atoms with E-state index in [1.54, 1.807) is 22.9 Å². The third-order valence-corrected chi connectivity index (χ3v) is 0.940. The molecule has 0 unspecified atom stereocenters. The van der Waals surface area contributed by atoms with Crippen LogP contribution in [0.1, 0.15) is 12.5 Å². The molecule has 13 heavy (non-hydrogen) atoms. The van der Waals surface area contributed by atoms with Crippen LogP contribution in [0.4, 0.5) is 0 Å². The van der Waals surface area contributed by atoms with Gasteiger partial charge in [-0.3, -0.25) is 8.74 Å². The number of nitrogens with two attached hydrogens (primary N) is 1. The highest BCUT2D eigenvalue weighted by molar-refractivity contribution is 14.1. The molecular formula is C9H14INO2. The first-order chi connectivity index (χ1) is 6.13. The van der Waals surface area contributed by atoms with Crippen molar-refractivity contribution in [3.8, 4) is 0 Å². The van der Waals surface area contributed by atoms with Crippen LogP contribution in [-0.2, 0) is 4.79 Å². The third-order valence-electron chi connectivity index (χ3n) is 0.940. The molecule has 74 valence electrons. The predicted octanol–water partition coefficient (Wildman–Crippen LogP) is 2.38. The molecule has 3 nitrogen and oxygen atoms in total. The van der Waals surface area contributed by atoms with Crippen molar-refractivity contribution in [2.24, 2.45) is 3.95 Å². The Balaban J connectivity index is 0. The van der Waals surface area contributed by atoms with Gasteiger partial charge in [-0.25, -0.2) is 0 Å². The van der Waals surface area contributed by atoms with Gasteiger partial charge in [0.2, 0.25) is 0 Å². The lowest BCUT2D eigenvalue weighted by molar-refractivity contribution is -0.134. The summed E-state index contributed by atoms with van der Waals surface area (Å²) >= 11 is 1.65. The van der Waals surface area contributed by atoms with Crippen LogP contribution in [0.15, 0.2) is 30.3 Å². The second kappa shape index (κ2) is 11.4. The van der Waals surface area contributed by atoms with Gasteiger partial charge >= 0.3 is 0 Å². The molecule has 0 saturated carbocycles. The van der Waals surface area contributed by atoms with Crippen LogP contribution in [0.2, 0.25) is 0 Å². The summed E-state index contributed by atoms with van der Waals surface area (Å²) in [5.41, 5.74) is 1.32. The number of aliphatic carboxylic acids is 1. The second-order valence-electron chi connectivity index (χ2n) is 2.17. The van der Waals surface area contributed by atoms with Crippen LogP contribution in [-0.4, -0.2) is 11.1 Å². The summed E-state index contributed by atoms with van der Waals surface area (Å²) < 4.78 is 4.47. The number of carbonyl (C=O) groups is 1. The smallest absolute Gasteiger partial charge is 0.300 e. The Hall–Kier alpha value is -0.620. The molecule has 0 aliphatic rings. The fraction of sp³-hybridized carbons (Fsp3) is 0.222. The Labute approximate surface area is 92.5 Å². The van der Waals surface area contributed by atoms with Crippen LogP contribution in [0.25, 0.3) is 0 Å². The van der Waals surface area contributed by atoms with E-state index in [2.05, 4.69) is 23.0 Å². The molecule has 0 aliphatic carbocycles. The lowest BCUT2D eigenvalue weighted by Gasteiger charge is -1.82. The summed E-state index contributed by atoms with van der Waals surface area (Å²) in [6.07, 6.45) is 0. The van der Waals surface area contributed by atoms with E-state index in [0.717, 1.165) is 6.92 Å². The summed E-state index contributed by atoms with van der Waals surface area (Å²) in [5.74, 6) is -0.833. The molecular weight excluding hydrogens is 281 g/mol. The highest BCUT2D eigenvalue weighted by Gasteiger charge is 1.72. The molecule has 0 heterocycles. The second-order valence-corrected chi connectivity index (χ2v) is 2.17. The number of carboxylic acids is 1. The van der Waals surface area contributed by atoms with Gasteiger partial charge in [-0.15, -0.1) is 0 Å². The van der Waals surface area contributed by atoms with Gasteiger partial charge in [0.05, 0.1) is 0 Å². The van der Waals surface area contributed by atoms with Crippen molar-refractivity contribution in [1.82, 2.24) is 0 Å². The number of benzene rings is 1. The summed E-state index contributed by atoms with van der Waals surface area (Å²) in [6.45, 7) is 3.17. The van der Waals surface area contributed by atoms with E-state index in [1.165, 1.54) is 5.56 Å². The Morgan fingerprint density at radius 3 is 1.77 bits per heavy atom. The van der Waals surface area contributed by atoms with E-state index in [9.17, 15) is 0 Å². The highest BCUT2D eigenvalue weighted by Crippen LogP contribution is 1.92. The normalized spacial score (nSPS) is 7.08. The van der Waals surface area contributed by atoms with Crippen LogP contribution in [0.5, 0.6) is 0 Å². The Morgan fingerprint density at radius 2 is 1.62 bits per heavy atom. The number of hydrogen-bond acceptors (Lipinski definition) is 2. The van der Waals surface area contributed by atoms with Crippen molar-refractivity contribution in [3.63, 3.8) is 0 Å². The summed E-state index contributed by atoms with van der Waals surface area (Å²) in [5, 5.41) is 7.42. The Bertz CT molecular complexity index is 210. The molecule has 0 spiro atoms. The molecule has 4 heteroatoms. The minimum absolute atomic E-state index is 0.833. The van der Waals surface area contributed by atoms with Crippen LogP contribution >= 0.6 is 22.9 Å². The van der Waals surface area contributed by atoms with Gasteiger partial charge < -0.3 is 5.11 Å². The molecule has 0 amide bonds. The fourth-order valence-electron chi connectivity index (χ4n) is 0.534. The first-order valence-corrected chi connectivity index (χ1v) is 4.80. The Morgan fingerprint density at radius 1 is 1.31 bits per heavy atom. The molecule has 0 radical (unpaired) electrons. The lowest BCUT2D eigenvalue weighted by Crippen LogP contribution is -1.78. The first kappa shape index (κ1) is 14.9. The largest absolute Gasteiger partial charge is 0.481 e. The van der Waals surface area contributed by atoms with Gasteiger partial charge in [-0.1, -0.05) is 35.9 Å². The lowest BCUT2D eigenvalue weighted by atomic mass is 10.2. The van der Waals surface area contributed by atoms with Crippen molar-refractivity contribution in [2.75, 3.05) is 0 Å². The maximum Gasteiger partial charge on any atom is 0.300 e. The van der Waals surface area contributed by atoms with Gasteiger partial charge in [0.15, 0.2) is 0 Å². The summed E-state index contributed by atoms with van der Waals surface area (Å²) in [7, 11) is 0. The molecule has 0 bridgehead atoms. The van der Waals surface area contributed by atoms with Gasteiger partial charge in [0.1, 0.15) is 0 Å². The number of hydrogen-bond donors (Lipinski definition) is 2. The molecule has 3 N–H and O–H groups in total. The van der Waals surface area contributed by atoms with Crippen LogP contribution in [0, 0.1) is 6.92 Å². The number of carboxylic acid groups (broad SMARTS) is 1. The quantitative estimate of drug-likeness (QED) is 0.570. The van der Waals surface area contributed by atoms with Gasteiger partial charge in [0, 0.05) is 29.8 Å². The minimum Gasteiger partial charge on any atom is -0.481 e. The van der Waals surface area contributed by atoms with Crippen molar-refractivity contribution in [2.45, 2.75) is 13.8 Å². The average Bonchev–Trinajstić information content (AvgIpc) is 2.08. The van der Waals surface area contributed by atoms with E-state index >= 15 is 0 Å². The standard InChI is InChI=1S/C7H8.C2H4O2.H2IN/c1-7-5-3-2-4-6-7;1-2(3)4;1-2/h2-6H,1H3;1H3,(H,3,4);2H2. The predicted molar refractivity (Wildman–Crippen MR) is 62.7 cm³/mol. The molecule has 0 saturated heterocycles. The summed E-state index contributed by atoms with van der Waals surface area (Å²) in [4.78, 5) is 9.00. The Kier molecular flexibility index (Phi) is 13.0. The third kappa shape index (κ3) is 18.4. The molecule has 1 rings (SSSR count). The highest BCUT2D eigenvalue weighted by atomic mass is 127. The molecule has 0 aliphatic heterocycles. The number of aryl methyl sites for hydroxylation is 1. The molecule has 1 aromatic carbocycles. The molecule has 0 fully saturated rings. The average molecular weight is 295 g/mol. The van der Waals surface area contributed by atoms with Crippen molar-refractivity contribution < 1.29 is 9.90 Å². The topological polar surface area (TPSA) is 63.3 Å². The number of halogens is 1. The van der Waals surface area contributed by atoms with Crippen LogP contribution in [0.3, 0.4) is 0 Å². The fourth-order valence-corrected chi connectivity index (χ4v) is 0.534. The van der Waals surface area contributed by atoms with E-state index < -0.39 is 5.97 Å². The molecule has 0 aromatic heterocycles.